The topological polar surface area (TPSA) is 24.9 Å². The normalized spacial score (nSPS) is 22.6. The lowest BCUT2D eigenvalue weighted by Gasteiger charge is -2.31. The van der Waals surface area contributed by atoms with E-state index in [1.807, 2.05) is 11.3 Å². The van der Waals surface area contributed by atoms with Crippen LogP contribution in [0.5, 0.6) is 0 Å². The summed E-state index contributed by atoms with van der Waals surface area (Å²) >= 11 is 2.00. The van der Waals surface area contributed by atoms with Crippen molar-refractivity contribution >= 4 is 11.3 Å². The number of fused-ring (bicyclic) bond motifs is 1. The van der Waals surface area contributed by atoms with Gasteiger partial charge in [-0.3, -0.25) is 0 Å². The Balaban J connectivity index is 1.96. The summed E-state index contributed by atoms with van der Waals surface area (Å²) < 4.78 is 0. The molecule has 1 aromatic heterocycles. The first-order valence-corrected chi connectivity index (χ1v) is 8.29. The van der Waals surface area contributed by atoms with Gasteiger partial charge in [0.1, 0.15) is 5.01 Å². The van der Waals surface area contributed by atoms with Crippen molar-refractivity contribution in [3.63, 3.8) is 0 Å². The monoisotopic (exact) mass is 264 g/mol. The average Bonchev–Trinajstić information content (AvgIpc) is 3.15. The summed E-state index contributed by atoms with van der Waals surface area (Å²) in [5.41, 5.74) is 1.61. The second-order valence-electron chi connectivity index (χ2n) is 5.84. The Kier molecular flexibility index (Phi) is 3.46. The van der Waals surface area contributed by atoms with E-state index < -0.39 is 0 Å². The molecule has 1 fully saturated rings. The second-order valence-corrected chi connectivity index (χ2v) is 6.93. The molecule has 1 unspecified atom stereocenters. The van der Waals surface area contributed by atoms with Crippen LogP contribution in [-0.4, -0.2) is 12.0 Å². The number of nitrogens with one attached hydrogen (secondary N) is 1. The van der Waals surface area contributed by atoms with E-state index in [4.69, 9.17) is 4.98 Å². The van der Waals surface area contributed by atoms with Crippen molar-refractivity contribution in [2.45, 2.75) is 63.8 Å². The van der Waals surface area contributed by atoms with Gasteiger partial charge in [0.2, 0.25) is 0 Å². The highest BCUT2D eigenvalue weighted by Crippen LogP contribution is 2.49. The van der Waals surface area contributed by atoms with Crippen LogP contribution in [0.4, 0.5) is 0 Å². The third-order valence-electron chi connectivity index (χ3n) is 4.59. The number of rotatable bonds is 5. The largest absolute Gasteiger partial charge is 0.308 e. The molecule has 1 saturated carbocycles. The Hall–Kier alpha value is -0.410. The van der Waals surface area contributed by atoms with Crippen LogP contribution in [-0.2, 0) is 18.4 Å². The fourth-order valence-corrected chi connectivity index (χ4v) is 4.89. The number of nitrogens with zero attached hydrogens (tertiary/aromatic N) is 1. The maximum Gasteiger partial charge on any atom is 0.114 e. The van der Waals surface area contributed by atoms with Gasteiger partial charge in [-0.1, -0.05) is 13.3 Å². The van der Waals surface area contributed by atoms with E-state index in [1.54, 1.807) is 4.88 Å². The first kappa shape index (κ1) is 12.6. The smallest absolute Gasteiger partial charge is 0.114 e. The van der Waals surface area contributed by atoms with Crippen molar-refractivity contribution < 1.29 is 0 Å². The molecule has 3 heteroatoms. The van der Waals surface area contributed by atoms with Crippen LogP contribution in [0.1, 0.15) is 61.0 Å². The third kappa shape index (κ3) is 2.01. The van der Waals surface area contributed by atoms with Crippen LogP contribution in [0.25, 0.3) is 0 Å². The van der Waals surface area contributed by atoms with Gasteiger partial charge >= 0.3 is 0 Å². The molecule has 0 saturated heterocycles. The molecule has 0 radical (unpaired) electrons. The van der Waals surface area contributed by atoms with E-state index in [0.717, 1.165) is 5.92 Å². The van der Waals surface area contributed by atoms with Gasteiger partial charge in [-0.15, -0.1) is 11.3 Å². The van der Waals surface area contributed by atoms with Gasteiger partial charge < -0.3 is 5.32 Å². The summed E-state index contributed by atoms with van der Waals surface area (Å²) in [6.45, 7) is 2.29. The van der Waals surface area contributed by atoms with Crippen LogP contribution in [0.15, 0.2) is 0 Å². The van der Waals surface area contributed by atoms with Gasteiger partial charge in [-0.05, 0) is 57.9 Å². The van der Waals surface area contributed by atoms with Crippen LogP contribution >= 0.6 is 11.3 Å². The summed E-state index contributed by atoms with van der Waals surface area (Å²) in [5.74, 6) is 0.829. The molecule has 1 heterocycles. The maximum absolute atomic E-state index is 5.03. The molecule has 2 nitrogen and oxygen atoms in total. The van der Waals surface area contributed by atoms with E-state index in [-0.39, 0.29) is 5.54 Å². The SMILES string of the molecule is CCCC(NC)(c1nc2c(s1)CCCC2)C1CC1. The number of aryl methyl sites for hydroxylation is 2. The summed E-state index contributed by atoms with van der Waals surface area (Å²) in [5, 5.41) is 5.04. The van der Waals surface area contributed by atoms with Gasteiger partial charge in [0, 0.05) is 4.88 Å². The fraction of sp³-hybridized carbons (Fsp3) is 0.800. The standard InChI is InChI=1S/C15H24N2S/c1-3-10-15(16-2,11-8-9-11)14-17-12-6-4-5-7-13(12)18-14/h11,16H,3-10H2,1-2H3. The lowest BCUT2D eigenvalue weighted by Crippen LogP contribution is -2.42. The molecule has 0 aliphatic heterocycles. The van der Waals surface area contributed by atoms with Crippen molar-refractivity contribution in [2.75, 3.05) is 7.05 Å². The Morgan fingerprint density at radius 2 is 2.11 bits per heavy atom. The van der Waals surface area contributed by atoms with Crippen LogP contribution in [0, 0.1) is 5.92 Å². The van der Waals surface area contributed by atoms with Crippen LogP contribution in [0.2, 0.25) is 0 Å². The Labute approximate surface area is 114 Å². The molecule has 100 valence electrons. The Morgan fingerprint density at radius 3 is 2.72 bits per heavy atom. The molecule has 1 atom stereocenters. The zero-order chi connectivity index (χ0) is 12.6. The molecule has 0 spiro atoms. The number of aromatic nitrogens is 1. The Morgan fingerprint density at radius 1 is 1.33 bits per heavy atom. The molecule has 1 aromatic rings. The summed E-state index contributed by atoms with van der Waals surface area (Å²) in [4.78, 5) is 6.61. The number of hydrogen-bond acceptors (Lipinski definition) is 3. The fourth-order valence-electron chi connectivity index (χ4n) is 3.44. The summed E-state index contributed by atoms with van der Waals surface area (Å²) in [6.07, 6.45) is 10.4. The first-order valence-electron chi connectivity index (χ1n) is 7.48. The van der Waals surface area contributed by atoms with Crippen molar-refractivity contribution in [2.24, 2.45) is 5.92 Å². The predicted molar refractivity (Wildman–Crippen MR) is 77.1 cm³/mol. The van der Waals surface area contributed by atoms with E-state index >= 15 is 0 Å². The summed E-state index contributed by atoms with van der Waals surface area (Å²) in [6, 6.07) is 0. The van der Waals surface area contributed by atoms with E-state index in [0.29, 0.717) is 0 Å². The minimum atomic E-state index is 0.191. The molecule has 0 bridgehead atoms. The average molecular weight is 264 g/mol. The first-order chi connectivity index (χ1) is 8.80. The highest BCUT2D eigenvalue weighted by Gasteiger charge is 2.47. The highest BCUT2D eigenvalue weighted by atomic mass is 32.1. The Bertz CT molecular complexity index is 399. The molecule has 0 aromatic carbocycles. The second kappa shape index (κ2) is 4.93. The highest BCUT2D eigenvalue weighted by molar-refractivity contribution is 7.11. The van der Waals surface area contributed by atoms with E-state index in [2.05, 4.69) is 19.3 Å². The zero-order valence-electron chi connectivity index (χ0n) is 11.6. The van der Waals surface area contributed by atoms with Crippen molar-refractivity contribution in [1.29, 1.82) is 0 Å². The molecule has 2 aliphatic carbocycles. The lowest BCUT2D eigenvalue weighted by atomic mass is 9.88. The van der Waals surface area contributed by atoms with Gasteiger partial charge in [0.05, 0.1) is 11.2 Å². The van der Waals surface area contributed by atoms with Crippen molar-refractivity contribution in [3.05, 3.63) is 15.6 Å². The van der Waals surface area contributed by atoms with Gasteiger partial charge in [-0.2, -0.15) is 0 Å². The van der Waals surface area contributed by atoms with Gasteiger partial charge in [0.15, 0.2) is 0 Å². The van der Waals surface area contributed by atoms with E-state index in [9.17, 15) is 0 Å². The predicted octanol–water partition coefficient (Wildman–Crippen LogP) is 3.65. The number of thiazole rings is 1. The van der Waals surface area contributed by atoms with Crippen molar-refractivity contribution in [1.82, 2.24) is 10.3 Å². The molecular weight excluding hydrogens is 240 g/mol. The molecule has 3 rings (SSSR count). The van der Waals surface area contributed by atoms with Crippen LogP contribution in [0.3, 0.4) is 0 Å². The van der Waals surface area contributed by atoms with Gasteiger partial charge in [0.25, 0.3) is 0 Å². The molecular formula is C15H24N2S. The maximum atomic E-state index is 5.03. The molecule has 1 N–H and O–H groups in total. The molecule has 0 amide bonds. The number of hydrogen-bond donors (Lipinski definition) is 1. The minimum absolute atomic E-state index is 0.191. The summed E-state index contributed by atoms with van der Waals surface area (Å²) in [7, 11) is 2.13. The zero-order valence-corrected chi connectivity index (χ0v) is 12.4. The third-order valence-corrected chi connectivity index (χ3v) is 5.93. The lowest BCUT2D eigenvalue weighted by molar-refractivity contribution is 0.282. The van der Waals surface area contributed by atoms with Crippen molar-refractivity contribution in [3.8, 4) is 0 Å². The molecule has 2 aliphatic rings. The van der Waals surface area contributed by atoms with Crippen LogP contribution < -0.4 is 5.32 Å². The minimum Gasteiger partial charge on any atom is -0.308 e. The molecule has 18 heavy (non-hydrogen) atoms. The quantitative estimate of drug-likeness (QED) is 0.878. The van der Waals surface area contributed by atoms with E-state index in [1.165, 1.54) is 62.1 Å². The van der Waals surface area contributed by atoms with Gasteiger partial charge in [-0.25, -0.2) is 4.98 Å².